The number of rotatable bonds is 7. The molecule has 0 aliphatic heterocycles. The lowest BCUT2D eigenvalue weighted by Crippen LogP contribution is -2.38. The second kappa shape index (κ2) is 8.68. The standard InChI is InChI=1S/C19H23N3O4S/c1-4-15-7-5-6-8-18(15)22(27(3,25)26)13-19(24)21-17-11-9-16(10-12-17)20-14(2)23/h5-12H,4,13H2,1-3H3,(H,20,23)(H,21,24). The monoisotopic (exact) mass is 389 g/mol. The summed E-state index contributed by atoms with van der Waals surface area (Å²) in [7, 11) is -3.63. The third-order valence-corrected chi connectivity index (χ3v) is 4.94. The van der Waals surface area contributed by atoms with E-state index in [1.807, 2.05) is 19.1 Å². The van der Waals surface area contributed by atoms with Crippen molar-refractivity contribution in [1.82, 2.24) is 0 Å². The number of sulfonamides is 1. The van der Waals surface area contributed by atoms with Crippen LogP contribution in [0.5, 0.6) is 0 Å². The Labute approximate surface area is 159 Å². The zero-order valence-electron chi connectivity index (χ0n) is 15.5. The van der Waals surface area contributed by atoms with E-state index in [-0.39, 0.29) is 12.5 Å². The van der Waals surface area contributed by atoms with Crippen LogP contribution in [0.4, 0.5) is 17.1 Å². The first-order valence-corrected chi connectivity index (χ1v) is 10.3. The predicted molar refractivity (Wildman–Crippen MR) is 107 cm³/mol. The van der Waals surface area contributed by atoms with Crippen molar-refractivity contribution >= 4 is 38.9 Å². The molecule has 0 fully saturated rings. The second-order valence-electron chi connectivity index (χ2n) is 6.06. The molecule has 2 N–H and O–H groups in total. The van der Waals surface area contributed by atoms with Crippen molar-refractivity contribution in [3.8, 4) is 0 Å². The van der Waals surface area contributed by atoms with E-state index < -0.39 is 15.9 Å². The molecule has 0 heterocycles. The lowest BCUT2D eigenvalue weighted by Gasteiger charge is -2.24. The molecule has 2 aromatic rings. The van der Waals surface area contributed by atoms with Gasteiger partial charge < -0.3 is 10.6 Å². The Kier molecular flexibility index (Phi) is 6.57. The first-order chi connectivity index (χ1) is 12.7. The topological polar surface area (TPSA) is 95.6 Å². The van der Waals surface area contributed by atoms with Crippen LogP contribution in [0.25, 0.3) is 0 Å². The molecule has 0 atom stereocenters. The highest BCUT2D eigenvalue weighted by Gasteiger charge is 2.22. The van der Waals surface area contributed by atoms with Crippen molar-refractivity contribution in [3.05, 3.63) is 54.1 Å². The SMILES string of the molecule is CCc1ccccc1N(CC(=O)Nc1ccc(NC(C)=O)cc1)S(C)(=O)=O. The Morgan fingerprint density at radius 1 is 0.963 bits per heavy atom. The van der Waals surface area contributed by atoms with Crippen LogP contribution < -0.4 is 14.9 Å². The summed E-state index contributed by atoms with van der Waals surface area (Å²) in [6.07, 6.45) is 1.73. The smallest absolute Gasteiger partial charge is 0.245 e. The highest BCUT2D eigenvalue weighted by atomic mass is 32.2. The third-order valence-electron chi connectivity index (χ3n) is 3.82. The number of para-hydroxylation sites is 1. The molecule has 27 heavy (non-hydrogen) atoms. The Hall–Kier alpha value is -2.87. The number of hydrogen-bond donors (Lipinski definition) is 2. The van der Waals surface area contributed by atoms with Gasteiger partial charge in [-0.2, -0.15) is 0 Å². The number of carbonyl (C=O) groups excluding carboxylic acids is 2. The zero-order chi connectivity index (χ0) is 20.0. The van der Waals surface area contributed by atoms with Gasteiger partial charge in [-0.25, -0.2) is 8.42 Å². The molecule has 0 aromatic heterocycles. The van der Waals surface area contributed by atoms with E-state index in [0.717, 1.165) is 16.1 Å². The molecule has 8 heteroatoms. The van der Waals surface area contributed by atoms with Crippen molar-refractivity contribution in [2.45, 2.75) is 20.3 Å². The predicted octanol–water partition coefficient (Wildman–Crippen LogP) is 2.61. The van der Waals surface area contributed by atoms with Gasteiger partial charge in [-0.05, 0) is 42.3 Å². The van der Waals surface area contributed by atoms with Crippen LogP contribution >= 0.6 is 0 Å². The minimum absolute atomic E-state index is 0.190. The van der Waals surface area contributed by atoms with Gasteiger partial charge in [-0.1, -0.05) is 25.1 Å². The summed E-state index contributed by atoms with van der Waals surface area (Å²) in [6, 6.07) is 13.7. The molecule has 0 saturated carbocycles. The lowest BCUT2D eigenvalue weighted by atomic mass is 10.1. The maximum Gasteiger partial charge on any atom is 0.245 e. The van der Waals surface area contributed by atoms with E-state index in [1.165, 1.54) is 6.92 Å². The van der Waals surface area contributed by atoms with Gasteiger partial charge >= 0.3 is 0 Å². The fourth-order valence-corrected chi connectivity index (χ4v) is 3.49. The molecular formula is C19H23N3O4S. The third kappa shape index (κ3) is 5.82. The van der Waals surface area contributed by atoms with Crippen molar-refractivity contribution in [2.75, 3.05) is 27.7 Å². The number of amides is 2. The molecular weight excluding hydrogens is 366 g/mol. The normalized spacial score (nSPS) is 10.9. The summed E-state index contributed by atoms with van der Waals surface area (Å²) in [4.78, 5) is 23.5. The summed E-state index contributed by atoms with van der Waals surface area (Å²) < 4.78 is 25.6. The van der Waals surface area contributed by atoms with Crippen molar-refractivity contribution < 1.29 is 18.0 Å². The van der Waals surface area contributed by atoms with Crippen LogP contribution in [-0.4, -0.2) is 33.0 Å². The fourth-order valence-electron chi connectivity index (χ4n) is 2.61. The van der Waals surface area contributed by atoms with Crippen LogP contribution in [0.2, 0.25) is 0 Å². The highest BCUT2D eigenvalue weighted by molar-refractivity contribution is 7.92. The fraction of sp³-hybridized carbons (Fsp3) is 0.263. The van der Waals surface area contributed by atoms with Crippen molar-refractivity contribution in [2.24, 2.45) is 0 Å². The molecule has 2 rings (SSSR count). The van der Waals surface area contributed by atoms with Crippen LogP contribution in [0, 0.1) is 0 Å². The van der Waals surface area contributed by atoms with Gasteiger partial charge in [0.15, 0.2) is 0 Å². The van der Waals surface area contributed by atoms with Gasteiger partial charge in [0, 0.05) is 18.3 Å². The maximum absolute atomic E-state index is 12.4. The number of anilines is 3. The molecule has 0 aliphatic rings. The van der Waals surface area contributed by atoms with E-state index in [2.05, 4.69) is 10.6 Å². The molecule has 0 radical (unpaired) electrons. The van der Waals surface area contributed by atoms with E-state index in [4.69, 9.17) is 0 Å². The summed E-state index contributed by atoms with van der Waals surface area (Å²) in [5.41, 5.74) is 2.45. The minimum atomic E-state index is -3.63. The number of hydrogen-bond acceptors (Lipinski definition) is 4. The van der Waals surface area contributed by atoms with Crippen molar-refractivity contribution in [1.29, 1.82) is 0 Å². The van der Waals surface area contributed by atoms with Gasteiger partial charge in [0.2, 0.25) is 21.8 Å². The van der Waals surface area contributed by atoms with Crippen LogP contribution in [0.1, 0.15) is 19.4 Å². The molecule has 0 bridgehead atoms. The zero-order valence-corrected chi connectivity index (χ0v) is 16.3. The Bertz CT molecular complexity index is 924. The average Bonchev–Trinajstić information content (AvgIpc) is 2.60. The number of benzene rings is 2. The number of carbonyl (C=O) groups is 2. The summed E-state index contributed by atoms with van der Waals surface area (Å²) >= 11 is 0. The lowest BCUT2D eigenvalue weighted by molar-refractivity contribution is -0.115. The Morgan fingerprint density at radius 2 is 1.52 bits per heavy atom. The van der Waals surface area contributed by atoms with Gasteiger partial charge in [0.25, 0.3) is 0 Å². The first-order valence-electron chi connectivity index (χ1n) is 8.44. The first kappa shape index (κ1) is 20.4. The van der Waals surface area contributed by atoms with Gasteiger partial charge in [0.05, 0.1) is 11.9 Å². The number of nitrogens with zero attached hydrogens (tertiary/aromatic N) is 1. The molecule has 2 amide bonds. The number of aryl methyl sites for hydroxylation is 1. The molecule has 2 aromatic carbocycles. The number of nitrogens with one attached hydrogen (secondary N) is 2. The maximum atomic E-state index is 12.4. The van der Waals surface area contributed by atoms with E-state index in [9.17, 15) is 18.0 Å². The van der Waals surface area contributed by atoms with E-state index >= 15 is 0 Å². The van der Waals surface area contributed by atoms with Crippen molar-refractivity contribution in [3.63, 3.8) is 0 Å². The molecule has 0 aliphatic carbocycles. The molecule has 0 saturated heterocycles. The van der Waals surface area contributed by atoms with Crippen LogP contribution in [0.15, 0.2) is 48.5 Å². The van der Waals surface area contributed by atoms with E-state index in [1.54, 1.807) is 36.4 Å². The quantitative estimate of drug-likeness (QED) is 0.761. The van der Waals surface area contributed by atoms with Crippen LogP contribution in [-0.2, 0) is 26.0 Å². The average molecular weight is 389 g/mol. The summed E-state index contributed by atoms with van der Waals surface area (Å²) in [5, 5.41) is 5.31. The second-order valence-corrected chi connectivity index (χ2v) is 7.97. The van der Waals surface area contributed by atoms with Gasteiger partial charge in [-0.3, -0.25) is 13.9 Å². The summed E-state index contributed by atoms with van der Waals surface area (Å²) in [5.74, 6) is -0.649. The van der Waals surface area contributed by atoms with Gasteiger partial charge in [0.1, 0.15) is 6.54 Å². The molecule has 0 spiro atoms. The molecule has 0 unspecified atom stereocenters. The molecule has 144 valence electrons. The minimum Gasteiger partial charge on any atom is -0.326 e. The Morgan fingerprint density at radius 3 is 2.04 bits per heavy atom. The van der Waals surface area contributed by atoms with Gasteiger partial charge in [-0.15, -0.1) is 0 Å². The largest absolute Gasteiger partial charge is 0.326 e. The van der Waals surface area contributed by atoms with Crippen LogP contribution in [0.3, 0.4) is 0 Å². The Balaban J connectivity index is 2.16. The highest BCUT2D eigenvalue weighted by Crippen LogP contribution is 2.23. The molecule has 7 nitrogen and oxygen atoms in total. The summed E-state index contributed by atoms with van der Waals surface area (Å²) in [6.45, 7) is 3.00. The van der Waals surface area contributed by atoms with E-state index in [0.29, 0.717) is 23.5 Å².